The third kappa shape index (κ3) is 4.58. The van der Waals surface area contributed by atoms with E-state index in [-0.39, 0.29) is 6.04 Å². The maximum absolute atomic E-state index is 5.63. The molecule has 1 unspecified atom stereocenters. The van der Waals surface area contributed by atoms with Gasteiger partial charge in [0.1, 0.15) is 0 Å². The molecular formula is C17H25N5. The zero-order valence-corrected chi connectivity index (χ0v) is 13.4. The zero-order valence-electron chi connectivity index (χ0n) is 13.4. The van der Waals surface area contributed by atoms with E-state index in [9.17, 15) is 0 Å². The first kappa shape index (κ1) is 16.5. The van der Waals surface area contributed by atoms with Crippen LogP contribution in [0.25, 0.3) is 0 Å². The molecule has 0 spiro atoms. The van der Waals surface area contributed by atoms with Gasteiger partial charge in [-0.05, 0) is 51.4 Å². The highest BCUT2D eigenvalue weighted by atomic mass is 15.2. The maximum Gasteiger partial charge on any atom is 0.0755 e. The number of pyridine rings is 1. The Morgan fingerprint density at radius 1 is 1.18 bits per heavy atom. The molecule has 0 bridgehead atoms. The predicted octanol–water partition coefficient (Wildman–Crippen LogP) is 2.48. The summed E-state index contributed by atoms with van der Waals surface area (Å²) in [6.07, 6.45) is 9.25. The summed E-state index contributed by atoms with van der Waals surface area (Å²) in [6, 6.07) is 4.28. The van der Waals surface area contributed by atoms with Gasteiger partial charge in [-0.1, -0.05) is 6.07 Å². The Bertz CT molecular complexity index is 558. The first-order valence-electron chi connectivity index (χ1n) is 7.83. The monoisotopic (exact) mass is 299 g/mol. The summed E-state index contributed by atoms with van der Waals surface area (Å²) in [5.41, 5.74) is 8.95. The molecule has 2 aromatic heterocycles. The molecule has 5 heteroatoms. The van der Waals surface area contributed by atoms with Crippen LogP contribution < -0.4 is 5.73 Å². The normalized spacial score (nSPS) is 12.5. The molecule has 2 rings (SSSR count). The van der Waals surface area contributed by atoms with E-state index in [4.69, 9.17) is 5.73 Å². The lowest BCUT2D eigenvalue weighted by molar-refractivity contribution is 0.191. The number of unbranched alkanes of at least 4 members (excludes halogenated alkanes) is 1. The van der Waals surface area contributed by atoms with Crippen molar-refractivity contribution in [3.05, 3.63) is 53.9 Å². The first-order chi connectivity index (χ1) is 10.7. The van der Waals surface area contributed by atoms with E-state index in [2.05, 4.69) is 39.8 Å². The Kier molecular flexibility index (Phi) is 6.43. The van der Waals surface area contributed by atoms with Crippen molar-refractivity contribution in [2.45, 2.75) is 39.3 Å². The SMILES string of the molecule is Cc1cccnc1CN(CCCCN)C(C)c1cnccn1. The number of rotatable bonds is 8. The van der Waals surface area contributed by atoms with Crippen molar-refractivity contribution < 1.29 is 0 Å². The van der Waals surface area contributed by atoms with Gasteiger partial charge in [-0.3, -0.25) is 19.9 Å². The smallest absolute Gasteiger partial charge is 0.0755 e. The van der Waals surface area contributed by atoms with Gasteiger partial charge in [0, 0.05) is 31.3 Å². The lowest BCUT2D eigenvalue weighted by Gasteiger charge is -2.28. The molecule has 0 fully saturated rings. The van der Waals surface area contributed by atoms with Gasteiger partial charge in [0.15, 0.2) is 0 Å². The van der Waals surface area contributed by atoms with Crippen LogP contribution in [0.5, 0.6) is 0 Å². The minimum atomic E-state index is 0.202. The van der Waals surface area contributed by atoms with Gasteiger partial charge in [0.2, 0.25) is 0 Å². The second-order valence-corrected chi connectivity index (χ2v) is 5.54. The Labute approximate surface area is 132 Å². The quantitative estimate of drug-likeness (QED) is 0.758. The Balaban J connectivity index is 2.13. The molecule has 22 heavy (non-hydrogen) atoms. The number of hydrogen-bond donors (Lipinski definition) is 1. The molecule has 2 heterocycles. The van der Waals surface area contributed by atoms with Crippen LogP contribution in [0.4, 0.5) is 0 Å². The highest BCUT2D eigenvalue weighted by Gasteiger charge is 2.18. The van der Waals surface area contributed by atoms with Gasteiger partial charge in [-0.2, -0.15) is 0 Å². The van der Waals surface area contributed by atoms with Crippen LogP contribution in [0.2, 0.25) is 0 Å². The van der Waals surface area contributed by atoms with Crippen molar-refractivity contribution in [2.75, 3.05) is 13.1 Å². The molecule has 0 radical (unpaired) electrons. The third-order valence-electron chi connectivity index (χ3n) is 3.93. The van der Waals surface area contributed by atoms with Gasteiger partial charge >= 0.3 is 0 Å². The molecule has 0 aliphatic rings. The number of nitrogens with zero attached hydrogens (tertiary/aromatic N) is 4. The third-order valence-corrected chi connectivity index (χ3v) is 3.93. The molecule has 1 atom stereocenters. The van der Waals surface area contributed by atoms with Crippen molar-refractivity contribution in [3.8, 4) is 0 Å². The second-order valence-electron chi connectivity index (χ2n) is 5.54. The predicted molar refractivity (Wildman–Crippen MR) is 88.1 cm³/mol. The Hall–Kier alpha value is -1.85. The van der Waals surface area contributed by atoms with Crippen LogP contribution in [-0.4, -0.2) is 32.9 Å². The van der Waals surface area contributed by atoms with E-state index in [0.29, 0.717) is 0 Å². The molecule has 118 valence electrons. The number of aromatic nitrogens is 3. The lowest BCUT2D eigenvalue weighted by Crippen LogP contribution is -2.29. The highest BCUT2D eigenvalue weighted by molar-refractivity contribution is 5.18. The minimum Gasteiger partial charge on any atom is -0.330 e. The van der Waals surface area contributed by atoms with Crippen molar-refractivity contribution in [2.24, 2.45) is 5.73 Å². The van der Waals surface area contributed by atoms with Gasteiger partial charge in [-0.15, -0.1) is 0 Å². The topological polar surface area (TPSA) is 67.9 Å². The van der Waals surface area contributed by atoms with Crippen molar-refractivity contribution in [1.82, 2.24) is 19.9 Å². The second kappa shape index (κ2) is 8.56. The zero-order chi connectivity index (χ0) is 15.8. The molecular weight excluding hydrogens is 274 g/mol. The van der Waals surface area contributed by atoms with Crippen LogP contribution in [0.15, 0.2) is 36.9 Å². The van der Waals surface area contributed by atoms with Crippen LogP contribution in [0, 0.1) is 6.92 Å². The fourth-order valence-electron chi connectivity index (χ4n) is 2.46. The molecule has 0 saturated carbocycles. The lowest BCUT2D eigenvalue weighted by atomic mass is 10.1. The van der Waals surface area contributed by atoms with Crippen molar-refractivity contribution >= 4 is 0 Å². The van der Waals surface area contributed by atoms with Crippen molar-refractivity contribution in [3.63, 3.8) is 0 Å². The standard InChI is InChI=1S/C17H25N5/c1-14-6-5-8-20-17(14)13-22(11-4-3-7-18)15(2)16-12-19-9-10-21-16/h5-6,8-10,12,15H,3-4,7,11,13,18H2,1-2H3. The molecule has 2 aromatic rings. The van der Waals surface area contributed by atoms with Gasteiger partial charge < -0.3 is 5.73 Å². The summed E-state index contributed by atoms with van der Waals surface area (Å²) in [5, 5.41) is 0. The molecule has 0 aliphatic carbocycles. The Morgan fingerprint density at radius 3 is 2.73 bits per heavy atom. The maximum atomic E-state index is 5.63. The molecule has 0 aromatic carbocycles. The van der Waals surface area contributed by atoms with Crippen molar-refractivity contribution in [1.29, 1.82) is 0 Å². The summed E-state index contributed by atoms with van der Waals surface area (Å²) < 4.78 is 0. The molecule has 0 saturated heterocycles. The summed E-state index contributed by atoms with van der Waals surface area (Å²) in [4.78, 5) is 15.5. The highest BCUT2D eigenvalue weighted by Crippen LogP contribution is 2.21. The van der Waals surface area contributed by atoms with E-state index < -0.39 is 0 Å². The summed E-state index contributed by atoms with van der Waals surface area (Å²) in [6.45, 7) is 6.80. The fraction of sp³-hybridized carbons (Fsp3) is 0.471. The Morgan fingerprint density at radius 2 is 2.05 bits per heavy atom. The number of hydrogen-bond acceptors (Lipinski definition) is 5. The fourth-order valence-corrected chi connectivity index (χ4v) is 2.46. The summed E-state index contributed by atoms with van der Waals surface area (Å²) >= 11 is 0. The van der Waals surface area contributed by atoms with Gasteiger partial charge in [0.25, 0.3) is 0 Å². The minimum absolute atomic E-state index is 0.202. The van der Waals surface area contributed by atoms with E-state index in [1.165, 1.54) is 5.56 Å². The summed E-state index contributed by atoms with van der Waals surface area (Å²) in [7, 11) is 0. The molecule has 0 amide bonds. The van der Waals surface area contributed by atoms with Crippen LogP contribution in [0.1, 0.15) is 42.8 Å². The average Bonchev–Trinajstić information content (AvgIpc) is 2.56. The first-order valence-corrected chi connectivity index (χ1v) is 7.83. The molecule has 0 aliphatic heterocycles. The number of nitrogens with two attached hydrogens (primary N) is 1. The van der Waals surface area contributed by atoms with Gasteiger partial charge in [0.05, 0.1) is 17.4 Å². The summed E-state index contributed by atoms with van der Waals surface area (Å²) in [5.74, 6) is 0. The number of aryl methyl sites for hydroxylation is 1. The molecule has 2 N–H and O–H groups in total. The van der Waals surface area contributed by atoms with E-state index >= 15 is 0 Å². The van der Waals surface area contributed by atoms with E-state index in [1.807, 2.05) is 18.5 Å². The average molecular weight is 299 g/mol. The van der Waals surface area contributed by atoms with E-state index in [0.717, 1.165) is 43.9 Å². The van der Waals surface area contributed by atoms with Gasteiger partial charge in [-0.25, -0.2) is 0 Å². The largest absolute Gasteiger partial charge is 0.330 e. The molecule has 5 nitrogen and oxygen atoms in total. The van der Waals surface area contributed by atoms with Crippen LogP contribution >= 0.6 is 0 Å². The van der Waals surface area contributed by atoms with Crippen LogP contribution in [-0.2, 0) is 6.54 Å². The van der Waals surface area contributed by atoms with E-state index in [1.54, 1.807) is 12.4 Å². The van der Waals surface area contributed by atoms with Crippen LogP contribution in [0.3, 0.4) is 0 Å².